The third kappa shape index (κ3) is 3.96. The molecule has 0 unspecified atom stereocenters. The highest BCUT2D eigenvalue weighted by atomic mass is 35.5. The zero-order valence-corrected chi connectivity index (χ0v) is 20.4. The number of ketones is 1. The van der Waals surface area contributed by atoms with E-state index in [2.05, 4.69) is 0 Å². The van der Waals surface area contributed by atoms with Crippen molar-refractivity contribution >= 4 is 51.5 Å². The van der Waals surface area contributed by atoms with Crippen molar-refractivity contribution in [1.29, 1.82) is 0 Å². The quantitative estimate of drug-likeness (QED) is 0.511. The molecule has 1 amide bonds. The maximum absolute atomic E-state index is 15.2. The number of fused-ring (bicyclic) bond motifs is 2. The van der Waals surface area contributed by atoms with Crippen molar-refractivity contribution in [2.75, 3.05) is 42.6 Å². The maximum atomic E-state index is 15.2. The molecule has 3 aromatic rings. The number of carbonyl (C=O) groups is 3. The Hall–Kier alpha value is -3.76. The number of piperazine rings is 1. The lowest BCUT2D eigenvalue weighted by Crippen LogP contribution is -2.51. The molecular weight excluding hydrogens is 503 g/mol. The van der Waals surface area contributed by atoms with Gasteiger partial charge in [-0.1, -0.05) is 11.6 Å². The van der Waals surface area contributed by atoms with Gasteiger partial charge in [-0.05, 0) is 43.2 Å². The molecule has 11 heteroatoms. The standard InChI is InChI=1S/C26H22ClFN4O5/c27-14-1-4-20-16(9-14)24(34)25(35)32(20)13-29-5-7-30(8-6-29)22-11-21-17(10-19(22)28)23(33)18(26(36)37)12-31(21)15-2-3-15/h1,4,9-12,15H,2-3,5-8,13H2,(H,36,37). The van der Waals surface area contributed by atoms with E-state index in [4.69, 9.17) is 11.6 Å². The highest BCUT2D eigenvalue weighted by Crippen LogP contribution is 2.38. The number of carbonyl (C=O) groups excluding carboxylic acids is 2. The number of pyridine rings is 1. The summed E-state index contributed by atoms with van der Waals surface area (Å²) in [5.41, 5.74) is 0.632. The number of Topliss-reactive ketones (excluding diaryl/α,β-unsaturated/α-hetero) is 1. The minimum absolute atomic E-state index is 0.0580. The van der Waals surface area contributed by atoms with Gasteiger partial charge >= 0.3 is 11.9 Å². The summed E-state index contributed by atoms with van der Waals surface area (Å²) in [5.74, 6) is -3.10. The Morgan fingerprint density at radius 3 is 2.43 bits per heavy atom. The SMILES string of the molecule is O=C1C(=O)N(CN2CCN(c3cc4c(cc3F)c(=O)c(C(=O)O)cn4C3CC3)CC2)c2ccc(Cl)cc21. The van der Waals surface area contributed by atoms with E-state index >= 15 is 4.39 Å². The van der Waals surface area contributed by atoms with Gasteiger partial charge in [0, 0.05) is 48.8 Å². The number of rotatable bonds is 5. The van der Waals surface area contributed by atoms with Crippen molar-refractivity contribution in [3.8, 4) is 0 Å². The van der Waals surface area contributed by atoms with E-state index < -0.39 is 28.9 Å². The van der Waals surface area contributed by atoms with Crippen LogP contribution in [-0.2, 0) is 4.79 Å². The monoisotopic (exact) mass is 524 g/mol. The van der Waals surface area contributed by atoms with Gasteiger partial charge in [-0.3, -0.25) is 24.2 Å². The van der Waals surface area contributed by atoms with E-state index in [1.807, 2.05) is 9.80 Å². The average molecular weight is 525 g/mol. The molecule has 1 saturated carbocycles. The fourth-order valence-electron chi connectivity index (χ4n) is 5.15. The van der Waals surface area contributed by atoms with Crippen LogP contribution in [0.5, 0.6) is 0 Å². The van der Waals surface area contributed by atoms with Crippen LogP contribution in [0.1, 0.15) is 39.6 Å². The molecule has 2 aromatic carbocycles. The van der Waals surface area contributed by atoms with Gasteiger partial charge in [0.25, 0.3) is 5.78 Å². The van der Waals surface area contributed by atoms with Gasteiger partial charge < -0.3 is 14.6 Å². The van der Waals surface area contributed by atoms with E-state index in [-0.39, 0.29) is 23.7 Å². The van der Waals surface area contributed by atoms with Crippen molar-refractivity contribution < 1.29 is 23.9 Å². The fraction of sp³-hybridized carbons (Fsp3) is 0.308. The minimum atomic E-state index is -1.33. The highest BCUT2D eigenvalue weighted by Gasteiger charge is 2.37. The number of aromatic carboxylic acids is 1. The van der Waals surface area contributed by atoms with Gasteiger partial charge in [0.1, 0.15) is 11.4 Å². The second-order valence-corrected chi connectivity index (χ2v) is 10.0. The molecule has 2 fully saturated rings. The largest absolute Gasteiger partial charge is 0.477 e. The summed E-state index contributed by atoms with van der Waals surface area (Å²) in [6.45, 7) is 2.20. The van der Waals surface area contributed by atoms with Gasteiger partial charge in [-0.25, -0.2) is 9.18 Å². The Morgan fingerprint density at radius 2 is 1.76 bits per heavy atom. The molecule has 1 saturated heterocycles. The summed E-state index contributed by atoms with van der Waals surface area (Å²) in [6, 6.07) is 7.67. The second kappa shape index (κ2) is 8.67. The summed E-state index contributed by atoms with van der Waals surface area (Å²) in [4.78, 5) is 54.6. The number of amides is 1. The number of hydrogen-bond donors (Lipinski definition) is 1. The lowest BCUT2D eigenvalue weighted by Gasteiger charge is -2.37. The zero-order valence-electron chi connectivity index (χ0n) is 19.6. The van der Waals surface area contributed by atoms with Crippen LogP contribution in [0.15, 0.2) is 41.3 Å². The minimum Gasteiger partial charge on any atom is -0.477 e. The Kier molecular flexibility index (Phi) is 5.54. The smallest absolute Gasteiger partial charge is 0.341 e. The topological polar surface area (TPSA) is 103 Å². The summed E-state index contributed by atoms with van der Waals surface area (Å²) < 4.78 is 17.0. The number of carboxylic acid groups (broad SMARTS) is 1. The number of anilines is 2. The molecule has 1 aliphatic carbocycles. The Morgan fingerprint density at radius 1 is 1.03 bits per heavy atom. The third-order valence-corrected chi connectivity index (χ3v) is 7.49. The Bertz CT molecular complexity index is 1560. The first-order valence-electron chi connectivity index (χ1n) is 12.0. The third-order valence-electron chi connectivity index (χ3n) is 7.26. The highest BCUT2D eigenvalue weighted by molar-refractivity contribution is 6.52. The molecule has 1 N–H and O–H groups in total. The molecule has 190 valence electrons. The molecule has 2 aliphatic heterocycles. The van der Waals surface area contributed by atoms with E-state index in [0.29, 0.717) is 53.7 Å². The van der Waals surface area contributed by atoms with Crippen molar-refractivity contribution in [3.63, 3.8) is 0 Å². The molecule has 6 rings (SSSR count). The van der Waals surface area contributed by atoms with E-state index in [9.17, 15) is 24.3 Å². The van der Waals surface area contributed by atoms with Crippen LogP contribution >= 0.6 is 11.6 Å². The van der Waals surface area contributed by atoms with Crippen LogP contribution in [-0.4, -0.2) is 65.1 Å². The zero-order chi connectivity index (χ0) is 26.0. The van der Waals surface area contributed by atoms with Crippen LogP contribution < -0.4 is 15.2 Å². The summed E-state index contributed by atoms with van der Waals surface area (Å²) in [6.07, 6.45) is 3.11. The molecule has 9 nitrogen and oxygen atoms in total. The van der Waals surface area contributed by atoms with Crippen LogP contribution in [0.2, 0.25) is 5.02 Å². The van der Waals surface area contributed by atoms with E-state index in [1.54, 1.807) is 22.8 Å². The summed E-state index contributed by atoms with van der Waals surface area (Å²) in [5, 5.41) is 9.88. The van der Waals surface area contributed by atoms with Gasteiger partial charge in [-0.15, -0.1) is 0 Å². The fourth-order valence-corrected chi connectivity index (χ4v) is 5.32. The molecular formula is C26H22ClFN4O5. The second-order valence-electron chi connectivity index (χ2n) is 9.61. The molecule has 37 heavy (non-hydrogen) atoms. The molecule has 0 bridgehead atoms. The Labute approximate surface area is 215 Å². The molecule has 0 radical (unpaired) electrons. The predicted molar refractivity (Wildman–Crippen MR) is 135 cm³/mol. The maximum Gasteiger partial charge on any atom is 0.341 e. The lowest BCUT2D eigenvalue weighted by molar-refractivity contribution is -0.114. The lowest BCUT2D eigenvalue weighted by atomic mass is 10.1. The van der Waals surface area contributed by atoms with Crippen molar-refractivity contribution in [2.45, 2.75) is 18.9 Å². The van der Waals surface area contributed by atoms with Crippen LogP contribution in [0.4, 0.5) is 15.8 Å². The predicted octanol–water partition coefficient (Wildman–Crippen LogP) is 3.14. The first-order valence-corrected chi connectivity index (χ1v) is 12.4. The van der Waals surface area contributed by atoms with E-state index in [0.717, 1.165) is 18.9 Å². The number of hydrogen-bond acceptors (Lipinski definition) is 6. The first kappa shape index (κ1) is 23.6. The van der Waals surface area contributed by atoms with Crippen molar-refractivity contribution in [2.24, 2.45) is 0 Å². The van der Waals surface area contributed by atoms with Gasteiger partial charge in [0.2, 0.25) is 5.43 Å². The van der Waals surface area contributed by atoms with Crippen LogP contribution in [0.3, 0.4) is 0 Å². The first-order chi connectivity index (χ1) is 17.7. The molecule has 3 heterocycles. The van der Waals surface area contributed by atoms with Crippen LogP contribution in [0.25, 0.3) is 10.9 Å². The number of aromatic nitrogens is 1. The number of halogens is 2. The van der Waals surface area contributed by atoms with E-state index in [1.165, 1.54) is 17.2 Å². The molecule has 3 aliphatic rings. The number of nitrogens with zero attached hydrogens (tertiary/aromatic N) is 4. The van der Waals surface area contributed by atoms with Crippen LogP contribution in [0, 0.1) is 5.82 Å². The van der Waals surface area contributed by atoms with Crippen molar-refractivity contribution in [3.05, 3.63) is 68.7 Å². The molecule has 0 atom stereocenters. The number of carboxylic acids is 1. The van der Waals surface area contributed by atoms with Crippen molar-refractivity contribution in [1.82, 2.24) is 9.47 Å². The molecule has 0 spiro atoms. The van der Waals surface area contributed by atoms with Gasteiger partial charge in [-0.2, -0.15) is 0 Å². The summed E-state index contributed by atoms with van der Waals surface area (Å²) >= 11 is 5.99. The van der Waals surface area contributed by atoms with Gasteiger partial charge in [0.15, 0.2) is 0 Å². The summed E-state index contributed by atoms with van der Waals surface area (Å²) in [7, 11) is 0. The Balaban J connectivity index is 1.24. The van der Waals surface area contributed by atoms with Gasteiger partial charge in [0.05, 0.1) is 29.1 Å². The normalized spacial score (nSPS) is 18.1. The molecule has 1 aromatic heterocycles. The number of benzene rings is 2. The average Bonchev–Trinajstić information content (AvgIpc) is 3.69.